The topological polar surface area (TPSA) is 172 Å². The number of carbonyl (C=O) groups is 2. The molecule has 12 nitrogen and oxygen atoms in total. The highest BCUT2D eigenvalue weighted by molar-refractivity contribution is 5.79. The molecule has 4 unspecified atom stereocenters. The van der Waals surface area contributed by atoms with Crippen molar-refractivity contribution in [2.24, 2.45) is 17.3 Å². The highest BCUT2D eigenvalue weighted by Crippen LogP contribution is 2.54. The van der Waals surface area contributed by atoms with Gasteiger partial charge < -0.3 is 50.1 Å². The molecule has 1 aromatic carbocycles. The Morgan fingerprint density at radius 1 is 1.02 bits per heavy atom. The SMILES string of the molecule is CC(C)OC(=O)N1CCC2(CC1)CC(CCCOc1ccc(CC(=O)N3CC(CNCC(O)C(O)C(O)C(O)CO)C3)c(F)c1)C2. The Morgan fingerprint density at radius 2 is 1.70 bits per heavy atom. The zero-order valence-electron chi connectivity index (χ0n) is 27.0. The number of piperidine rings is 1. The number of amides is 2. The molecule has 13 heteroatoms. The van der Waals surface area contributed by atoms with E-state index in [1.807, 2.05) is 18.7 Å². The normalized spacial score (nSPS) is 21.0. The van der Waals surface area contributed by atoms with E-state index in [-0.39, 0.29) is 37.0 Å². The fourth-order valence-electron chi connectivity index (χ4n) is 6.84. The molecule has 1 aliphatic carbocycles. The van der Waals surface area contributed by atoms with Gasteiger partial charge in [-0.2, -0.15) is 0 Å². The van der Waals surface area contributed by atoms with E-state index >= 15 is 0 Å². The third-order valence-corrected chi connectivity index (χ3v) is 9.68. The summed E-state index contributed by atoms with van der Waals surface area (Å²) in [5.74, 6) is 0.571. The van der Waals surface area contributed by atoms with Gasteiger partial charge in [0.2, 0.25) is 5.91 Å². The van der Waals surface area contributed by atoms with Crippen molar-refractivity contribution in [1.82, 2.24) is 15.1 Å². The summed E-state index contributed by atoms with van der Waals surface area (Å²) in [6.45, 7) is 6.39. The number of nitrogens with one attached hydrogen (secondary N) is 1. The van der Waals surface area contributed by atoms with Gasteiger partial charge in [-0.05, 0) is 75.3 Å². The highest BCUT2D eigenvalue weighted by atomic mass is 19.1. The van der Waals surface area contributed by atoms with Crippen molar-refractivity contribution in [3.8, 4) is 5.75 Å². The van der Waals surface area contributed by atoms with Crippen molar-refractivity contribution in [2.75, 3.05) is 52.5 Å². The van der Waals surface area contributed by atoms with Crippen molar-refractivity contribution in [3.05, 3.63) is 29.6 Å². The zero-order valence-corrected chi connectivity index (χ0v) is 27.0. The number of aliphatic hydroxyl groups is 5. The number of hydrogen-bond donors (Lipinski definition) is 6. The summed E-state index contributed by atoms with van der Waals surface area (Å²) >= 11 is 0. The molecule has 46 heavy (non-hydrogen) atoms. The van der Waals surface area contributed by atoms with Gasteiger partial charge in [0.25, 0.3) is 0 Å². The third-order valence-electron chi connectivity index (χ3n) is 9.68. The Labute approximate surface area is 270 Å². The van der Waals surface area contributed by atoms with Crippen LogP contribution in [-0.4, -0.2) is 130 Å². The molecule has 0 radical (unpaired) electrons. The minimum absolute atomic E-state index is 0.0416. The van der Waals surface area contributed by atoms with Crippen molar-refractivity contribution in [3.63, 3.8) is 0 Å². The molecule has 2 heterocycles. The van der Waals surface area contributed by atoms with Crippen LogP contribution in [0.3, 0.4) is 0 Å². The molecule has 6 N–H and O–H groups in total. The van der Waals surface area contributed by atoms with Crippen LogP contribution in [0.2, 0.25) is 0 Å². The van der Waals surface area contributed by atoms with E-state index in [1.54, 1.807) is 17.0 Å². The number of rotatable bonds is 16. The summed E-state index contributed by atoms with van der Waals surface area (Å²) in [4.78, 5) is 28.3. The average molecular weight is 654 g/mol. The van der Waals surface area contributed by atoms with Crippen LogP contribution in [0.5, 0.6) is 5.75 Å². The van der Waals surface area contributed by atoms with E-state index in [4.69, 9.17) is 14.6 Å². The molecule has 0 bridgehead atoms. The first-order chi connectivity index (χ1) is 21.9. The molecule has 3 fully saturated rings. The van der Waals surface area contributed by atoms with Gasteiger partial charge in [-0.15, -0.1) is 0 Å². The fraction of sp³-hybridized carbons (Fsp3) is 0.758. The van der Waals surface area contributed by atoms with E-state index in [2.05, 4.69) is 5.32 Å². The smallest absolute Gasteiger partial charge is 0.410 e. The molecule has 1 aromatic rings. The van der Waals surface area contributed by atoms with Crippen LogP contribution in [0.4, 0.5) is 9.18 Å². The van der Waals surface area contributed by atoms with Crippen molar-refractivity contribution >= 4 is 12.0 Å². The Kier molecular flexibility index (Phi) is 13.0. The first-order valence-electron chi connectivity index (χ1n) is 16.6. The van der Waals surface area contributed by atoms with Gasteiger partial charge in [-0.25, -0.2) is 9.18 Å². The van der Waals surface area contributed by atoms with E-state index in [0.717, 1.165) is 38.8 Å². The number of aliphatic hydroxyl groups excluding tert-OH is 5. The maximum atomic E-state index is 14.8. The summed E-state index contributed by atoms with van der Waals surface area (Å²) in [5, 5.41) is 50.7. The predicted octanol–water partition coefficient (Wildman–Crippen LogP) is 1.05. The van der Waals surface area contributed by atoms with Gasteiger partial charge in [0, 0.05) is 51.3 Å². The number of nitrogens with zero attached hydrogens (tertiary/aromatic N) is 2. The van der Waals surface area contributed by atoms with Gasteiger partial charge in [-0.1, -0.05) is 6.07 Å². The summed E-state index contributed by atoms with van der Waals surface area (Å²) in [6.07, 6.45) is -0.203. The largest absolute Gasteiger partial charge is 0.493 e. The maximum Gasteiger partial charge on any atom is 0.410 e. The Bertz CT molecular complexity index is 1140. The second kappa shape index (κ2) is 16.5. The molecule has 2 saturated heterocycles. The van der Waals surface area contributed by atoms with Gasteiger partial charge >= 0.3 is 6.09 Å². The molecule has 260 valence electrons. The number of hydrogen-bond acceptors (Lipinski definition) is 10. The molecule has 2 amide bonds. The number of likely N-dealkylation sites (tertiary alicyclic amines) is 2. The minimum Gasteiger partial charge on any atom is -0.493 e. The van der Waals surface area contributed by atoms with E-state index in [0.29, 0.717) is 48.9 Å². The van der Waals surface area contributed by atoms with Crippen molar-refractivity contribution in [2.45, 2.75) is 89.3 Å². The Hall–Kier alpha value is -2.55. The van der Waals surface area contributed by atoms with Gasteiger partial charge in [0.15, 0.2) is 0 Å². The molecule has 4 rings (SSSR count). The Balaban J connectivity index is 1.06. The van der Waals surface area contributed by atoms with Crippen molar-refractivity contribution in [1.29, 1.82) is 0 Å². The van der Waals surface area contributed by atoms with E-state index < -0.39 is 36.8 Å². The number of ether oxygens (including phenoxy) is 2. The van der Waals surface area contributed by atoms with Crippen LogP contribution in [0.15, 0.2) is 18.2 Å². The molecule has 1 saturated carbocycles. The van der Waals surface area contributed by atoms with Crippen LogP contribution in [0.25, 0.3) is 0 Å². The maximum absolute atomic E-state index is 14.8. The Morgan fingerprint density at radius 3 is 2.33 bits per heavy atom. The van der Waals surface area contributed by atoms with E-state index in [1.165, 1.54) is 18.9 Å². The second-order valence-electron chi connectivity index (χ2n) is 13.7. The first-order valence-corrected chi connectivity index (χ1v) is 16.6. The third kappa shape index (κ3) is 9.74. The average Bonchev–Trinajstić information content (AvgIpc) is 2.99. The molecule has 3 aliphatic rings. The molecular weight excluding hydrogens is 601 g/mol. The monoisotopic (exact) mass is 653 g/mol. The summed E-state index contributed by atoms with van der Waals surface area (Å²) in [6, 6.07) is 4.62. The van der Waals surface area contributed by atoms with Crippen LogP contribution in [0, 0.1) is 23.1 Å². The van der Waals surface area contributed by atoms with Gasteiger partial charge in [0.05, 0.1) is 31.8 Å². The minimum atomic E-state index is -1.68. The van der Waals surface area contributed by atoms with Crippen LogP contribution >= 0.6 is 0 Å². The molecular formula is C33H52FN3O9. The highest BCUT2D eigenvalue weighted by Gasteiger charge is 2.46. The first kappa shape index (κ1) is 36.3. The molecule has 2 aliphatic heterocycles. The zero-order chi connectivity index (χ0) is 33.4. The lowest BCUT2D eigenvalue weighted by molar-refractivity contribution is -0.136. The quantitative estimate of drug-likeness (QED) is 0.142. The molecule has 0 aromatic heterocycles. The summed E-state index contributed by atoms with van der Waals surface area (Å²) < 4.78 is 25.9. The molecule has 4 atom stereocenters. The number of carbonyl (C=O) groups excluding carboxylic acids is 2. The number of benzene rings is 1. The van der Waals surface area contributed by atoms with Crippen LogP contribution < -0.4 is 10.1 Å². The summed E-state index contributed by atoms with van der Waals surface area (Å²) in [7, 11) is 0. The van der Waals surface area contributed by atoms with Gasteiger partial charge in [0.1, 0.15) is 29.9 Å². The van der Waals surface area contributed by atoms with Crippen LogP contribution in [-0.2, 0) is 16.0 Å². The number of halogens is 1. The lowest BCUT2D eigenvalue weighted by Gasteiger charge is -2.52. The lowest BCUT2D eigenvalue weighted by atomic mass is 9.56. The van der Waals surface area contributed by atoms with Gasteiger partial charge in [-0.3, -0.25) is 4.79 Å². The fourth-order valence-corrected chi connectivity index (χ4v) is 6.84. The van der Waals surface area contributed by atoms with Crippen molar-refractivity contribution < 1.29 is 49.0 Å². The standard InChI is InChI=1S/C33H52FN3O9/c1-21(2)46-32(44)36-9-7-33(8-10-36)14-22(15-33)4-3-11-45-25-6-5-24(26(34)13-25)12-29(41)37-18-23(19-37)16-35-17-27(39)30(42)31(43)28(40)20-38/h5-6,13,21-23,27-28,30-31,35,38-40,42-43H,3-4,7-12,14-20H2,1-2H3. The summed E-state index contributed by atoms with van der Waals surface area (Å²) in [5.41, 5.74) is 0.666. The molecule has 1 spiro atoms. The van der Waals surface area contributed by atoms with E-state index in [9.17, 15) is 34.4 Å². The predicted molar refractivity (Wildman–Crippen MR) is 166 cm³/mol. The second-order valence-corrected chi connectivity index (χ2v) is 13.7. The van der Waals surface area contributed by atoms with Crippen LogP contribution in [0.1, 0.15) is 57.9 Å². The lowest BCUT2D eigenvalue weighted by Crippen LogP contribution is -2.55.